The smallest absolute Gasteiger partial charge is 0.251 e. The summed E-state index contributed by atoms with van der Waals surface area (Å²) in [7, 11) is 3.41. The largest absolute Gasteiger partial charge is 0.497 e. The highest BCUT2D eigenvalue weighted by Crippen LogP contribution is 2.20. The quantitative estimate of drug-likeness (QED) is 0.523. The third-order valence-electron chi connectivity index (χ3n) is 4.59. The maximum absolute atomic E-state index is 12.5. The zero-order valence-electron chi connectivity index (χ0n) is 17.9. The lowest BCUT2D eigenvalue weighted by atomic mass is 10.1. The summed E-state index contributed by atoms with van der Waals surface area (Å²) in [6.45, 7) is 3.79. The molecule has 8 nitrogen and oxygen atoms in total. The van der Waals surface area contributed by atoms with E-state index in [1.165, 1.54) is 11.8 Å². The van der Waals surface area contributed by atoms with Crippen molar-refractivity contribution in [1.29, 1.82) is 0 Å². The molecule has 0 fully saturated rings. The first-order chi connectivity index (χ1) is 14.9. The molecule has 0 aliphatic carbocycles. The molecule has 0 bridgehead atoms. The van der Waals surface area contributed by atoms with Crippen LogP contribution in [0.25, 0.3) is 0 Å². The van der Waals surface area contributed by atoms with Gasteiger partial charge in [0.15, 0.2) is 11.0 Å². The van der Waals surface area contributed by atoms with E-state index in [2.05, 4.69) is 20.8 Å². The second-order valence-corrected chi connectivity index (χ2v) is 7.97. The van der Waals surface area contributed by atoms with Crippen molar-refractivity contribution >= 4 is 29.3 Å². The lowest BCUT2D eigenvalue weighted by Crippen LogP contribution is -2.28. The number of hydrogen-bond donors (Lipinski definition) is 2. The topological polar surface area (TPSA) is 98.1 Å². The third-order valence-corrected chi connectivity index (χ3v) is 5.61. The Kier molecular flexibility index (Phi) is 7.30. The molecule has 9 heteroatoms. The van der Waals surface area contributed by atoms with Gasteiger partial charge in [-0.1, -0.05) is 29.5 Å². The zero-order chi connectivity index (χ0) is 22.4. The normalized spacial score (nSPS) is 11.6. The fraction of sp³-hybridized carbons (Fsp3) is 0.273. The van der Waals surface area contributed by atoms with Gasteiger partial charge in [0, 0.05) is 18.3 Å². The van der Waals surface area contributed by atoms with Crippen LogP contribution in [0.4, 0.5) is 5.69 Å². The van der Waals surface area contributed by atoms with Gasteiger partial charge in [-0.25, -0.2) is 0 Å². The number of nitrogens with zero attached hydrogens (tertiary/aromatic N) is 3. The number of ether oxygens (including phenoxy) is 1. The van der Waals surface area contributed by atoms with Crippen molar-refractivity contribution < 1.29 is 14.3 Å². The Morgan fingerprint density at radius 1 is 1.16 bits per heavy atom. The lowest BCUT2D eigenvalue weighted by molar-refractivity contribution is -0.113. The Hall–Kier alpha value is -3.33. The van der Waals surface area contributed by atoms with Crippen molar-refractivity contribution in [3.8, 4) is 5.75 Å². The van der Waals surface area contributed by atoms with Crippen LogP contribution in [0.5, 0.6) is 5.75 Å². The number of rotatable bonds is 8. The maximum Gasteiger partial charge on any atom is 0.251 e. The fourth-order valence-corrected chi connectivity index (χ4v) is 3.68. The molecule has 1 aromatic heterocycles. The molecule has 0 unspecified atom stereocenters. The van der Waals surface area contributed by atoms with Gasteiger partial charge in [0.1, 0.15) is 5.75 Å². The van der Waals surface area contributed by atoms with E-state index in [0.29, 0.717) is 22.2 Å². The van der Waals surface area contributed by atoms with E-state index in [9.17, 15) is 9.59 Å². The van der Waals surface area contributed by atoms with Crippen molar-refractivity contribution in [3.05, 3.63) is 65.5 Å². The van der Waals surface area contributed by atoms with Crippen molar-refractivity contribution in [2.75, 3.05) is 18.2 Å². The van der Waals surface area contributed by atoms with Gasteiger partial charge in [-0.3, -0.25) is 9.59 Å². The Morgan fingerprint density at radius 3 is 2.58 bits per heavy atom. The summed E-state index contributed by atoms with van der Waals surface area (Å²) in [6.07, 6.45) is 0. The van der Waals surface area contributed by atoms with E-state index in [1.54, 1.807) is 42.0 Å². The number of aromatic nitrogens is 3. The number of methoxy groups -OCH3 is 1. The van der Waals surface area contributed by atoms with Crippen LogP contribution in [-0.2, 0) is 11.8 Å². The lowest BCUT2D eigenvalue weighted by Gasteiger charge is -2.14. The first-order valence-electron chi connectivity index (χ1n) is 9.71. The predicted octanol–water partition coefficient (Wildman–Crippen LogP) is 3.35. The van der Waals surface area contributed by atoms with Crippen LogP contribution in [-0.4, -0.2) is 39.4 Å². The van der Waals surface area contributed by atoms with Crippen LogP contribution in [0.1, 0.15) is 34.7 Å². The van der Waals surface area contributed by atoms with Crippen molar-refractivity contribution in [2.24, 2.45) is 7.05 Å². The van der Waals surface area contributed by atoms with Gasteiger partial charge in [0.05, 0.1) is 18.9 Å². The average Bonchev–Trinajstić information content (AvgIpc) is 3.13. The molecule has 1 atom stereocenters. The number of carbonyl (C=O) groups excluding carboxylic acids is 2. The summed E-state index contributed by atoms with van der Waals surface area (Å²) in [6, 6.07) is 14.2. The highest BCUT2D eigenvalue weighted by Gasteiger charge is 2.19. The maximum atomic E-state index is 12.5. The minimum Gasteiger partial charge on any atom is -0.497 e. The number of thioether (sulfide) groups is 1. The minimum atomic E-state index is -0.340. The Bertz CT molecular complexity index is 1070. The Labute approximate surface area is 185 Å². The molecule has 2 amide bonds. The summed E-state index contributed by atoms with van der Waals surface area (Å²) in [5.41, 5.74) is 2.31. The molecule has 0 saturated carbocycles. The number of amides is 2. The van der Waals surface area contributed by atoms with Crippen molar-refractivity contribution in [2.45, 2.75) is 25.0 Å². The molecule has 0 aliphatic heterocycles. The summed E-state index contributed by atoms with van der Waals surface area (Å²) >= 11 is 1.28. The average molecular weight is 440 g/mol. The number of aryl methyl sites for hydroxylation is 1. The van der Waals surface area contributed by atoms with E-state index in [0.717, 1.165) is 11.3 Å². The van der Waals surface area contributed by atoms with Crippen LogP contribution in [0.15, 0.2) is 53.7 Å². The minimum absolute atomic E-state index is 0.152. The third kappa shape index (κ3) is 5.85. The molecule has 1 heterocycles. The zero-order valence-corrected chi connectivity index (χ0v) is 18.7. The Balaban J connectivity index is 1.56. The second kappa shape index (κ2) is 10.1. The van der Waals surface area contributed by atoms with Crippen LogP contribution >= 0.6 is 11.8 Å². The van der Waals surface area contributed by atoms with Gasteiger partial charge in [-0.05, 0) is 50.2 Å². The number of anilines is 1. The van der Waals surface area contributed by atoms with Crippen LogP contribution < -0.4 is 15.4 Å². The summed E-state index contributed by atoms with van der Waals surface area (Å²) in [5.74, 6) is 1.19. The molecule has 3 aromatic rings. The number of hydrogen-bond acceptors (Lipinski definition) is 6. The SMILES string of the molecule is COc1ccc(NC(=O)CSc2nnc([C@H](C)NC(=O)c3cccc(C)c3)n2C)cc1. The van der Waals surface area contributed by atoms with Gasteiger partial charge >= 0.3 is 0 Å². The van der Waals surface area contributed by atoms with Gasteiger partial charge in [0.25, 0.3) is 5.91 Å². The highest BCUT2D eigenvalue weighted by atomic mass is 32.2. The molecule has 2 N–H and O–H groups in total. The predicted molar refractivity (Wildman–Crippen MR) is 120 cm³/mol. The Morgan fingerprint density at radius 2 is 1.90 bits per heavy atom. The first-order valence-corrected chi connectivity index (χ1v) is 10.7. The van der Waals surface area contributed by atoms with Crippen molar-refractivity contribution in [3.63, 3.8) is 0 Å². The van der Waals surface area contributed by atoms with E-state index in [-0.39, 0.29) is 23.6 Å². The van der Waals surface area contributed by atoms with E-state index >= 15 is 0 Å². The molecule has 2 aromatic carbocycles. The highest BCUT2D eigenvalue weighted by molar-refractivity contribution is 7.99. The van der Waals surface area contributed by atoms with Gasteiger partial charge < -0.3 is 19.9 Å². The number of benzene rings is 2. The van der Waals surface area contributed by atoms with Crippen LogP contribution in [0, 0.1) is 6.92 Å². The van der Waals surface area contributed by atoms with Crippen LogP contribution in [0.3, 0.4) is 0 Å². The number of nitrogens with one attached hydrogen (secondary N) is 2. The van der Waals surface area contributed by atoms with Crippen molar-refractivity contribution in [1.82, 2.24) is 20.1 Å². The first kappa shape index (κ1) is 22.4. The fourth-order valence-electron chi connectivity index (χ4n) is 2.96. The van der Waals surface area contributed by atoms with Gasteiger partial charge in [-0.2, -0.15) is 0 Å². The standard InChI is InChI=1S/C22H25N5O3S/c1-14-6-5-7-16(12-14)21(29)23-15(2)20-25-26-22(27(20)3)31-13-19(28)24-17-8-10-18(30-4)11-9-17/h5-12,15H,13H2,1-4H3,(H,23,29)(H,24,28)/t15-/m0/s1. The summed E-state index contributed by atoms with van der Waals surface area (Å²) in [5, 5.41) is 14.7. The molecule has 0 spiro atoms. The van der Waals surface area contributed by atoms with E-state index in [1.807, 2.05) is 39.1 Å². The van der Waals surface area contributed by atoms with Gasteiger partial charge in [-0.15, -0.1) is 10.2 Å². The monoisotopic (exact) mass is 439 g/mol. The summed E-state index contributed by atoms with van der Waals surface area (Å²) < 4.78 is 6.89. The molecular formula is C22H25N5O3S. The molecule has 0 saturated heterocycles. The second-order valence-electron chi connectivity index (χ2n) is 7.03. The van der Waals surface area contributed by atoms with Gasteiger partial charge in [0.2, 0.25) is 5.91 Å². The number of carbonyl (C=O) groups is 2. The molecule has 0 radical (unpaired) electrons. The molecule has 162 valence electrons. The molecular weight excluding hydrogens is 414 g/mol. The summed E-state index contributed by atoms with van der Waals surface area (Å²) in [4.78, 5) is 24.7. The van der Waals surface area contributed by atoms with Crippen LogP contribution in [0.2, 0.25) is 0 Å². The molecule has 31 heavy (non-hydrogen) atoms. The van der Waals surface area contributed by atoms with E-state index in [4.69, 9.17) is 4.74 Å². The molecule has 3 rings (SSSR count). The molecule has 0 aliphatic rings. The van der Waals surface area contributed by atoms with E-state index < -0.39 is 0 Å².